The zero-order valence-electron chi connectivity index (χ0n) is 10.4. The number of rotatable bonds is 2. The summed E-state index contributed by atoms with van der Waals surface area (Å²) >= 11 is 0. The van der Waals surface area contributed by atoms with Gasteiger partial charge < -0.3 is 0 Å². The van der Waals surface area contributed by atoms with E-state index in [1.807, 2.05) is 4.90 Å². The molecule has 1 aliphatic carbocycles. The van der Waals surface area contributed by atoms with Crippen molar-refractivity contribution in [2.45, 2.75) is 50.7 Å². The van der Waals surface area contributed by atoms with E-state index in [4.69, 9.17) is 5.26 Å². The molecule has 2 nitrogen and oxygen atoms in total. The Balaban J connectivity index is 2.01. The Morgan fingerprint density at radius 2 is 1.83 bits per heavy atom. The van der Waals surface area contributed by atoms with Crippen molar-refractivity contribution in [1.29, 1.82) is 5.26 Å². The summed E-state index contributed by atoms with van der Waals surface area (Å²) < 4.78 is 38.0. The molecule has 102 valence electrons. The molecule has 2 aliphatic rings. The third-order valence-corrected chi connectivity index (χ3v) is 4.33. The molecule has 3 atom stereocenters. The monoisotopic (exact) mass is 260 g/mol. The topological polar surface area (TPSA) is 27.0 Å². The largest absolute Gasteiger partial charge is 0.405 e. The summed E-state index contributed by atoms with van der Waals surface area (Å²) in [4.78, 5) is 1.93. The van der Waals surface area contributed by atoms with Gasteiger partial charge in [0.1, 0.15) is 0 Å². The van der Waals surface area contributed by atoms with Crippen LogP contribution in [0.1, 0.15) is 38.5 Å². The van der Waals surface area contributed by atoms with E-state index in [1.54, 1.807) is 0 Å². The standard InChI is InChI=1S/C13H19F3N2/c14-13(15,16)11(8-17)9-18-7-3-5-10-4-1-2-6-12(10)18/h10-12H,1-7,9H2. The fraction of sp³-hybridized carbons (Fsp3) is 0.923. The van der Waals surface area contributed by atoms with Gasteiger partial charge in [-0.1, -0.05) is 12.8 Å². The van der Waals surface area contributed by atoms with Crippen LogP contribution in [-0.2, 0) is 0 Å². The summed E-state index contributed by atoms with van der Waals surface area (Å²) in [6, 6.07) is 1.70. The van der Waals surface area contributed by atoms with Crippen molar-refractivity contribution < 1.29 is 13.2 Å². The highest BCUT2D eigenvalue weighted by atomic mass is 19.4. The van der Waals surface area contributed by atoms with Crippen molar-refractivity contribution in [2.75, 3.05) is 13.1 Å². The van der Waals surface area contributed by atoms with Gasteiger partial charge >= 0.3 is 6.18 Å². The van der Waals surface area contributed by atoms with E-state index in [0.717, 1.165) is 38.6 Å². The Kier molecular flexibility index (Phi) is 4.16. The average Bonchev–Trinajstić information content (AvgIpc) is 2.34. The first-order chi connectivity index (χ1) is 8.52. The molecule has 0 bridgehead atoms. The summed E-state index contributed by atoms with van der Waals surface area (Å²) in [6.45, 7) is 0.580. The maximum absolute atomic E-state index is 12.7. The van der Waals surface area contributed by atoms with Gasteiger partial charge in [-0.25, -0.2) is 0 Å². The molecule has 18 heavy (non-hydrogen) atoms. The third kappa shape index (κ3) is 2.97. The minimum absolute atomic E-state index is 0.138. The first kappa shape index (κ1) is 13.7. The molecule has 5 heteroatoms. The molecule has 1 saturated carbocycles. The fourth-order valence-electron chi connectivity index (χ4n) is 3.41. The number of nitriles is 1. The quantitative estimate of drug-likeness (QED) is 0.761. The second-order valence-corrected chi connectivity index (χ2v) is 5.47. The Labute approximate surface area is 106 Å². The number of piperidine rings is 1. The predicted octanol–water partition coefficient (Wildman–Crippen LogP) is 3.34. The summed E-state index contributed by atoms with van der Waals surface area (Å²) in [5, 5.41) is 8.69. The van der Waals surface area contributed by atoms with Gasteiger partial charge in [0.2, 0.25) is 0 Å². The lowest BCUT2D eigenvalue weighted by molar-refractivity contribution is -0.166. The van der Waals surface area contributed by atoms with Crippen LogP contribution in [0.5, 0.6) is 0 Å². The Morgan fingerprint density at radius 3 is 2.50 bits per heavy atom. The SMILES string of the molecule is N#CC(CN1CCCC2CCCCC21)C(F)(F)F. The van der Waals surface area contributed by atoms with Gasteiger partial charge in [-0.2, -0.15) is 18.4 Å². The predicted molar refractivity (Wildman–Crippen MR) is 61.7 cm³/mol. The minimum atomic E-state index is -4.39. The first-order valence-corrected chi connectivity index (χ1v) is 6.72. The molecule has 3 unspecified atom stereocenters. The Morgan fingerprint density at radius 1 is 1.17 bits per heavy atom. The minimum Gasteiger partial charge on any atom is -0.298 e. The Hall–Kier alpha value is -0.760. The highest BCUT2D eigenvalue weighted by Gasteiger charge is 2.43. The van der Waals surface area contributed by atoms with Gasteiger partial charge in [-0.15, -0.1) is 0 Å². The van der Waals surface area contributed by atoms with Crippen LogP contribution in [0.25, 0.3) is 0 Å². The maximum Gasteiger partial charge on any atom is 0.405 e. The number of alkyl halides is 3. The summed E-state index contributed by atoms with van der Waals surface area (Å²) in [7, 11) is 0. The number of halogens is 3. The van der Waals surface area contributed by atoms with Crippen LogP contribution in [0.3, 0.4) is 0 Å². The molecule has 0 spiro atoms. The molecule has 1 heterocycles. The normalized spacial score (nSPS) is 31.4. The lowest BCUT2D eigenvalue weighted by atomic mass is 9.78. The van der Waals surface area contributed by atoms with Gasteiger partial charge in [0, 0.05) is 12.6 Å². The fourth-order valence-corrected chi connectivity index (χ4v) is 3.41. The van der Waals surface area contributed by atoms with E-state index in [-0.39, 0.29) is 12.6 Å². The second-order valence-electron chi connectivity index (χ2n) is 5.47. The molecule has 0 N–H and O–H groups in total. The van der Waals surface area contributed by atoms with Crippen LogP contribution in [0, 0.1) is 23.2 Å². The van der Waals surface area contributed by atoms with Gasteiger partial charge in [0.05, 0.1) is 6.07 Å². The number of hydrogen-bond donors (Lipinski definition) is 0. The zero-order chi connectivity index (χ0) is 13.2. The first-order valence-electron chi connectivity index (χ1n) is 6.72. The molecule has 0 aromatic rings. The molecule has 0 aromatic heterocycles. The van der Waals surface area contributed by atoms with Gasteiger partial charge in [-0.05, 0) is 38.1 Å². The van der Waals surface area contributed by atoms with E-state index >= 15 is 0 Å². The molecular weight excluding hydrogens is 241 g/mol. The zero-order valence-corrected chi connectivity index (χ0v) is 10.4. The van der Waals surface area contributed by atoms with E-state index < -0.39 is 12.1 Å². The molecule has 2 fully saturated rings. The van der Waals surface area contributed by atoms with E-state index in [9.17, 15) is 13.2 Å². The summed E-state index contributed by atoms with van der Waals surface area (Å²) in [5.41, 5.74) is 0. The van der Waals surface area contributed by atoms with E-state index in [2.05, 4.69) is 0 Å². The smallest absolute Gasteiger partial charge is 0.298 e. The van der Waals surface area contributed by atoms with Gasteiger partial charge in [-0.3, -0.25) is 4.90 Å². The van der Waals surface area contributed by atoms with Crippen molar-refractivity contribution in [1.82, 2.24) is 4.90 Å². The van der Waals surface area contributed by atoms with Crippen molar-refractivity contribution in [3.8, 4) is 6.07 Å². The van der Waals surface area contributed by atoms with Crippen molar-refractivity contribution in [3.05, 3.63) is 0 Å². The van der Waals surface area contributed by atoms with Gasteiger partial charge in [0.25, 0.3) is 0 Å². The van der Waals surface area contributed by atoms with Crippen molar-refractivity contribution in [3.63, 3.8) is 0 Å². The van der Waals surface area contributed by atoms with E-state index in [0.29, 0.717) is 5.92 Å². The lowest BCUT2D eigenvalue weighted by Gasteiger charge is -2.44. The van der Waals surface area contributed by atoms with Crippen LogP contribution in [0.15, 0.2) is 0 Å². The summed E-state index contributed by atoms with van der Waals surface area (Å²) in [6.07, 6.45) is 2.18. The maximum atomic E-state index is 12.7. The highest BCUT2D eigenvalue weighted by molar-refractivity contribution is 4.95. The van der Waals surface area contributed by atoms with Crippen molar-refractivity contribution in [2.24, 2.45) is 11.8 Å². The Bertz CT molecular complexity index is 319. The molecule has 0 amide bonds. The number of fused-ring (bicyclic) bond motifs is 1. The van der Waals surface area contributed by atoms with E-state index in [1.165, 1.54) is 12.5 Å². The molecule has 1 saturated heterocycles. The van der Waals surface area contributed by atoms with Crippen LogP contribution >= 0.6 is 0 Å². The van der Waals surface area contributed by atoms with Crippen LogP contribution in [-0.4, -0.2) is 30.2 Å². The average molecular weight is 260 g/mol. The summed E-state index contributed by atoms with van der Waals surface area (Å²) in [5.74, 6) is -1.28. The molecule has 2 rings (SSSR count). The highest BCUT2D eigenvalue weighted by Crippen LogP contribution is 2.37. The molecule has 1 aliphatic heterocycles. The lowest BCUT2D eigenvalue weighted by Crippen LogP contribution is -2.49. The molecule has 0 radical (unpaired) electrons. The number of hydrogen-bond acceptors (Lipinski definition) is 2. The third-order valence-electron chi connectivity index (χ3n) is 4.33. The number of nitrogens with zero attached hydrogens (tertiary/aromatic N) is 2. The van der Waals surface area contributed by atoms with Gasteiger partial charge in [0.15, 0.2) is 5.92 Å². The molecule has 0 aromatic carbocycles. The number of likely N-dealkylation sites (tertiary alicyclic amines) is 1. The van der Waals surface area contributed by atoms with Crippen LogP contribution in [0.2, 0.25) is 0 Å². The van der Waals surface area contributed by atoms with Crippen LogP contribution in [0.4, 0.5) is 13.2 Å². The molecular formula is C13H19F3N2. The van der Waals surface area contributed by atoms with Crippen molar-refractivity contribution >= 4 is 0 Å². The second kappa shape index (κ2) is 5.48. The van der Waals surface area contributed by atoms with Crippen LogP contribution < -0.4 is 0 Å².